The summed E-state index contributed by atoms with van der Waals surface area (Å²) in [6, 6.07) is 19.3. The van der Waals surface area contributed by atoms with Gasteiger partial charge >= 0.3 is 0 Å². The molecule has 6 rings (SSSR count). The number of fused-ring (bicyclic) bond motifs is 3. The van der Waals surface area contributed by atoms with Gasteiger partial charge in [-0.25, -0.2) is 4.98 Å². The molecule has 0 spiro atoms. The van der Waals surface area contributed by atoms with Gasteiger partial charge in [-0.2, -0.15) is 0 Å². The van der Waals surface area contributed by atoms with E-state index in [0.29, 0.717) is 0 Å². The number of imidazole rings is 1. The molecule has 3 heteroatoms. The monoisotopic (exact) mass is 347 g/mol. The van der Waals surface area contributed by atoms with E-state index < -0.39 is 0 Å². The van der Waals surface area contributed by atoms with Crippen molar-refractivity contribution >= 4 is 38.2 Å². The molecule has 0 amide bonds. The third-order valence-electron chi connectivity index (χ3n) is 5.71. The molecule has 3 aromatic heterocycles. The number of hydrogen-bond donors (Lipinski definition) is 0. The van der Waals surface area contributed by atoms with Crippen molar-refractivity contribution in [3.8, 4) is 11.3 Å². The van der Waals surface area contributed by atoms with Crippen LogP contribution in [0.5, 0.6) is 0 Å². The molecule has 0 bridgehead atoms. The summed E-state index contributed by atoms with van der Waals surface area (Å²) in [7, 11) is 0. The highest BCUT2D eigenvalue weighted by Gasteiger charge is 2.18. The van der Waals surface area contributed by atoms with Crippen molar-refractivity contribution in [2.45, 2.75) is 13.8 Å². The molecule has 0 aliphatic rings. The topological polar surface area (TPSA) is 30.2 Å². The zero-order valence-electron chi connectivity index (χ0n) is 15.2. The molecular formula is C24H17N3. The van der Waals surface area contributed by atoms with Crippen LogP contribution in [0.25, 0.3) is 49.5 Å². The quantitative estimate of drug-likeness (QED) is 0.346. The van der Waals surface area contributed by atoms with Gasteiger partial charge in [0.2, 0.25) is 0 Å². The van der Waals surface area contributed by atoms with Gasteiger partial charge in [0.05, 0.1) is 22.9 Å². The highest BCUT2D eigenvalue weighted by Crippen LogP contribution is 2.38. The highest BCUT2D eigenvalue weighted by atomic mass is 15.0. The van der Waals surface area contributed by atoms with Crippen molar-refractivity contribution in [2.24, 2.45) is 0 Å². The SMILES string of the molecule is Cc1cccc(C)c1-c1cnc2c3cccc4ccc5nccc(c5c43)n12. The average molecular weight is 347 g/mol. The Morgan fingerprint density at radius 1 is 0.778 bits per heavy atom. The lowest BCUT2D eigenvalue weighted by atomic mass is 9.98. The van der Waals surface area contributed by atoms with Gasteiger partial charge in [0.25, 0.3) is 0 Å². The molecule has 0 unspecified atom stereocenters. The summed E-state index contributed by atoms with van der Waals surface area (Å²) >= 11 is 0. The Bertz CT molecular complexity index is 1470. The van der Waals surface area contributed by atoms with E-state index in [1.165, 1.54) is 38.2 Å². The minimum Gasteiger partial charge on any atom is -0.292 e. The molecule has 0 aliphatic carbocycles. The van der Waals surface area contributed by atoms with Crippen LogP contribution >= 0.6 is 0 Å². The minimum atomic E-state index is 1.00. The summed E-state index contributed by atoms with van der Waals surface area (Å²) in [6.45, 7) is 4.34. The number of nitrogens with zero attached hydrogens (tertiary/aromatic N) is 3. The maximum absolute atomic E-state index is 4.87. The zero-order valence-corrected chi connectivity index (χ0v) is 15.2. The second-order valence-corrected chi connectivity index (χ2v) is 7.26. The van der Waals surface area contributed by atoms with Gasteiger partial charge in [0.1, 0.15) is 5.65 Å². The fourth-order valence-corrected chi connectivity index (χ4v) is 4.56. The molecule has 6 aromatic rings. The lowest BCUT2D eigenvalue weighted by Gasteiger charge is -2.15. The van der Waals surface area contributed by atoms with Gasteiger partial charge in [-0.15, -0.1) is 0 Å². The Labute approximate surface area is 156 Å². The second kappa shape index (κ2) is 5.04. The van der Waals surface area contributed by atoms with Crippen molar-refractivity contribution in [3.63, 3.8) is 0 Å². The number of aryl methyl sites for hydroxylation is 2. The van der Waals surface area contributed by atoms with E-state index in [1.807, 2.05) is 12.4 Å². The summed E-state index contributed by atoms with van der Waals surface area (Å²) in [4.78, 5) is 9.50. The summed E-state index contributed by atoms with van der Waals surface area (Å²) in [5.74, 6) is 0. The van der Waals surface area contributed by atoms with E-state index >= 15 is 0 Å². The highest BCUT2D eigenvalue weighted by molar-refractivity contribution is 6.24. The number of aromatic nitrogens is 3. The van der Waals surface area contributed by atoms with Gasteiger partial charge in [0.15, 0.2) is 0 Å². The Morgan fingerprint density at radius 2 is 1.59 bits per heavy atom. The van der Waals surface area contributed by atoms with Crippen LogP contribution in [-0.4, -0.2) is 14.4 Å². The van der Waals surface area contributed by atoms with E-state index in [0.717, 1.165) is 22.4 Å². The van der Waals surface area contributed by atoms with Crippen LogP contribution in [0.4, 0.5) is 0 Å². The van der Waals surface area contributed by atoms with Crippen LogP contribution in [0.1, 0.15) is 11.1 Å². The third-order valence-corrected chi connectivity index (χ3v) is 5.71. The van der Waals surface area contributed by atoms with Crippen LogP contribution in [0.15, 0.2) is 67.0 Å². The fraction of sp³-hybridized carbons (Fsp3) is 0.0833. The molecule has 3 aromatic carbocycles. The minimum absolute atomic E-state index is 1.00. The maximum Gasteiger partial charge on any atom is 0.145 e. The molecule has 0 N–H and O–H groups in total. The first-order valence-corrected chi connectivity index (χ1v) is 9.19. The van der Waals surface area contributed by atoms with Gasteiger partial charge in [-0.3, -0.25) is 9.38 Å². The lowest BCUT2D eigenvalue weighted by Crippen LogP contribution is -1.98. The Balaban J connectivity index is 1.93. The molecule has 0 fully saturated rings. The molecule has 0 saturated carbocycles. The first-order valence-electron chi connectivity index (χ1n) is 9.19. The van der Waals surface area contributed by atoms with Crippen molar-refractivity contribution < 1.29 is 0 Å². The summed E-state index contributed by atoms with van der Waals surface area (Å²) in [6.07, 6.45) is 3.91. The molecular weight excluding hydrogens is 330 g/mol. The normalized spacial score (nSPS) is 12.1. The smallest absolute Gasteiger partial charge is 0.145 e. The number of hydrogen-bond acceptors (Lipinski definition) is 2. The van der Waals surface area contributed by atoms with Gasteiger partial charge in [-0.1, -0.05) is 42.5 Å². The van der Waals surface area contributed by atoms with Crippen molar-refractivity contribution in [1.29, 1.82) is 0 Å². The largest absolute Gasteiger partial charge is 0.292 e. The molecule has 0 atom stereocenters. The van der Waals surface area contributed by atoms with Crippen LogP contribution in [-0.2, 0) is 0 Å². The van der Waals surface area contributed by atoms with E-state index in [2.05, 4.69) is 77.8 Å². The van der Waals surface area contributed by atoms with Gasteiger partial charge < -0.3 is 0 Å². The summed E-state index contributed by atoms with van der Waals surface area (Å²) < 4.78 is 2.31. The van der Waals surface area contributed by atoms with Crippen molar-refractivity contribution in [2.75, 3.05) is 0 Å². The number of benzene rings is 3. The molecule has 27 heavy (non-hydrogen) atoms. The number of pyridine rings is 2. The van der Waals surface area contributed by atoms with Gasteiger partial charge in [0, 0.05) is 27.9 Å². The average Bonchev–Trinajstić information content (AvgIpc) is 3.12. The Kier molecular flexibility index (Phi) is 2.74. The Morgan fingerprint density at radius 3 is 2.44 bits per heavy atom. The summed E-state index contributed by atoms with van der Waals surface area (Å²) in [5.41, 5.74) is 8.12. The first-order chi connectivity index (χ1) is 13.2. The summed E-state index contributed by atoms with van der Waals surface area (Å²) in [5, 5.41) is 4.88. The zero-order chi connectivity index (χ0) is 18.1. The lowest BCUT2D eigenvalue weighted by molar-refractivity contribution is 1.24. The van der Waals surface area contributed by atoms with Crippen LogP contribution < -0.4 is 0 Å². The molecule has 0 aliphatic heterocycles. The third kappa shape index (κ3) is 1.81. The van der Waals surface area contributed by atoms with E-state index in [9.17, 15) is 0 Å². The standard InChI is InChI=1S/C24H17N3/c1-14-5-3-6-15(2)21(14)20-13-26-24-17-8-4-7-16-9-10-18-23(22(16)17)19(27(20)24)11-12-25-18/h3-13H,1-2H3. The van der Waals surface area contributed by atoms with E-state index in [-0.39, 0.29) is 0 Å². The van der Waals surface area contributed by atoms with Crippen molar-refractivity contribution in [3.05, 3.63) is 78.1 Å². The second-order valence-electron chi connectivity index (χ2n) is 7.26. The molecule has 3 heterocycles. The maximum atomic E-state index is 4.87. The fourth-order valence-electron chi connectivity index (χ4n) is 4.56. The van der Waals surface area contributed by atoms with Crippen LogP contribution in [0.2, 0.25) is 0 Å². The molecule has 0 radical (unpaired) electrons. The predicted octanol–water partition coefficient (Wildman–Crippen LogP) is 5.91. The van der Waals surface area contributed by atoms with Gasteiger partial charge in [-0.05, 0) is 42.5 Å². The van der Waals surface area contributed by atoms with Crippen LogP contribution in [0.3, 0.4) is 0 Å². The first kappa shape index (κ1) is 14.7. The van der Waals surface area contributed by atoms with E-state index in [4.69, 9.17) is 4.98 Å². The van der Waals surface area contributed by atoms with Crippen LogP contribution in [0, 0.1) is 13.8 Å². The van der Waals surface area contributed by atoms with Crippen molar-refractivity contribution in [1.82, 2.24) is 14.4 Å². The predicted molar refractivity (Wildman–Crippen MR) is 112 cm³/mol. The molecule has 3 nitrogen and oxygen atoms in total. The number of rotatable bonds is 1. The Hall–Kier alpha value is -3.46. The molecule has 0 saturated heterocycles. The molecule has 128 valence electrons. The van der Waals surface area contributed by atoms with E-state index in [1.54, 1.807) is 0 Å².